The lowest BCUT2D eigenvalue weighted by Crippen LogP contribution is -2.19. The van der Waals surface area contributed by atoms with Gasteiger partial charge in [0.1, 0.15) is 0 Å². The summed E-state index contributed by atoms with van der Waals surface area (Å²) in [4.78, 5) is 4.43. The van der Waals surface area contributed by atoms with Gasteiger partial charge in [0.05, 0.1) is 11.7 Å². The molecule has 0 radical (unpaired) electrons. The van der Waals surface area contributed by atoms with Gasteiger partial charge < -0.3 is 5.32 Å². The molecule has 2 aromatic carbocycles. The molecule has 0 aliphatic rings. The van der Waals surface area contributed by atoms with Crippen molar-refractivity contribution >= 4 is 10.8 Å². The van der Waals surface area contributed by atoms with E-state index in [1.807, 2.05) is 30.3 Å². The predicted molar refractivity (Wildman–Crippen MR) is 79.0 cm³/mol. The summed E-state index contributed by atoms with van der Waals surface area (Å²) in [6.07, 6.45) is 1.72. The first-order chi connectivity index (χ1) is 10.2. The molecule has 1 N–H and O–H groups in total. The van der Waals surface area contributed by atoms with Crippen LogP contribution in [0, 0.1) is 11.6 Å². The Bertz CT molecular complexity index is 781. The fourth-order valence-corrected chi connectivity index (χ4v) is 2.53. The van der Waals surface area contributed by atoms with Gasteiger partial charge in [-0.3, -0.25) is 4.98 Å². The van der Waals surface area contributed by atoms with Crippen molar-refractivity contribution in [1.82, 2.24) is 10.3 Å². The van der Waals surface area contributed by atoms with Gasteiger partial charge in [-0.25, -0.2) is 8.78 Å². The van der Waals surface area contributed by atoms with Gasteiger partial charge in [0.25, 0.3) is 0 Å². The van der Waals surface area contributed by atoms with E-state index >= 15 is 0 Å². The number of halogens is 2. The van der Waals surface area contributed by atoms with E-state index in [1.165, 1.54) is 6.07 Å². The first kappa shape index (κ1) is 13.6. The minimum Gasteiger partial charge on any atom is -0.308 e. The minimum atomic E-state index is -0.854. The van der Waals surface area contributed by atoms with E-state index < -0.39 is 11.6 Å². The lowest BCUT2D eigenvalue weighted by atomic mass is 9.98. The summed E-state index contributed by atoms with van der Waals surface area (Å²) >= 11 is 0. The summed E-state index contributed by atoms with van der Waals surface area (Å²) in [6, 6.07) is 13.4. The maximum absolute atomic E-state index is 13.5. The van der Waals surface area contributed by atoms with Crippen LogP contribution < -0.4 is 5.32 Å². The third-order valence-corrected chi connectivity index (χ3v) is 3.54. The van der Waals surface area contributed by atoms with E-state index in [1.54, 1.807) is 19.3 Å². The van der Waals surface area contributed by atoms with Crippen LogP contribution in [0.4, 0.5) is 8.78 Å². The van der Waals surface area contributed by atoms with Crippen LogP contribution in [-0.2, 0) is 0 Å². The first-order valence-electron chi connectivity index (χ1n) is 6.66. The van der Waals surface area contributed by atoms with Crippen LogP contribution in [0.2, 0.25) is 0 Å². The largest absolute Gasteiger partial charge is 0.308 e. The quantitative estimate of drug-likeness (QED) is 0.791. The average molecular weight is 284 g/mol. The monoisotopic (exact) mass is 284 g/mol. The van der Waals surface area contributed by atoms with Gasteiger partial charge in [-0.05, 0) is 36.2 Å². The maximum Gasteiger partial charge on any atom is 0.159 e. The molecule has 1 heterocycles. The van der Waals surface area contributed by atoms with Crippen LogP contribution in [0.5, 0.6) is 0 Å². The van der Waals surface area contributed by atoms with Gasteiger partial charge in [0.15, 0.2) is 11.6 Å². The summed E-state index contributed by atoms with van der Waals surface area (Å²) in [5, 5.41) is 5.17. The number of hydrogen-bond acceptors (Lipinski definition) is 2. The van der Waals surface area contributed by atoms with Gasteiger partial charge in [-0.1, -0.05) is 30.3 Å². The van der Waals surface area contributed by atoms with Gasteiger partial charge in [-0.15, -0.1) is 0 Å². The summed E-state index contributed by atoms with van der Waals surface area (Å²) in [7, 11) is 1.77. The molecular weight excluding hydrogens is 270 g/mol. The lowest BCUT2D eigenvalue weighted by Gasteiger charge is -2.18. The molecule has 106 valence electrons. The maximum atomic E-state index is 13.5. The summed E-state index contributed by atoms with van der Waals surface area (Å²) in [6.45, 7) is 0. The Kier molecular flexibility index (Phi) is 3.62. The number of pyridine rings is 1. The van der Waals surface area contributed by atoms with Crippen molar-refractivity contribution in [2.75, 3.05) is 7.05 Å². The molecule has 0 spiro atoms. The van der Waals surface area contributed by atoms with Crippen LogP contribution in [-0.4, -0.2) is 12.0 Å². The molecule has 4 heteroatoms. The highest BCUT2D eigenvalue weighted by Gasteiger charge is 2.17. The molecule has 1 atom stereocenters. The molecule has 0 fully saturated rings. The highest BCUT2D eigenvalue weighted by molar-refractivity contribution is 5.85. The molecule has 0 saturated carbocycles. The fraction of sp³-hybridized carbons (Fsp3) is 0.118. The minimum absolute atomic E-state index is 0.300. The van der Waals surface area contributed by atoms with Crippen molar-refractivity contribution in [1.29, 1.82) is 0 Å². The number of hydrogen-bond donors (Lipinski definition) is 1. The molecule has 0 amide bonds. The number of aromatic nitrogens is 1. The Morgan fingerprint density at radius 3 is 2.57 bits per heavy atom. The molecule has 3 aromatic rings. The van der Waals surface area contributed by atoms with E-state index in [-0.39, 0.29) is 6.04 Å². The Morgan fingerprint density at radius 2 is 1.81 bits per heavy atom. The zero-order valence-corrected chi connectivity index (χ0v) is 11.5. The van der Waals surface area contributed by atoms with Crippen molar-refractivity contribution in [3.05, 3.63) is 77.6 Å². The van der Waals surface area contributed by atoms with Crippen molar-refractivity contribution in [2.45, 2.75) is 6.04 Å². The van der Waals surface area contributed by atoms with Gasteiger partial charge in [0, 0.05) is 11.6 Å². The second kappa shape index (κ2) is 5.58. The Labute approximate surface area is 121 Å². The van der Waals surface area contributed by atoms with E-state index in [2.05, 4.69) is 10.3 Å². The second-order valence-corrected chi connectivity index (χ2v) is 4.81. The fourth-order valence-electron chi connectivity index (χ4n) is 2.53. The molecule has 0 aliphatic heterocycles. The topological polar surface area (TPSA) is 24.9 Å². The van der Waals surface area contributed by atoms with E-state index in [0.29, 0.717) is 5.56 Å². The van der Waals surface area contributed by atoms with Crippen LogP contribution in [0.1, 0.15) is 17.3 Å². The van der Waals surface area contributed by atoms with Crippen LogP contribution in [0.15, 0.2) is 54.7 Å². The number of nitrogens with zero attached hydrogens (tertiary/aromatic N) is 1. The number of benzene rings is 2. The van der Waals surface area contributed by atoms with Crippen molar-refractivity contribution in [3.8, 4) is 0 Å². The number of rotatable bonds is 3. The first-order valence-corrected chi connectivity index (χ1v) is 6.66. The Balaban J connectivity index is 2.16. The molecular formula is C17H14F2N2. The summed E-state index contributed by atoms with van der Waals surface area (Å²) < 4.78 is 26.6. The lowest BCUT2D eigenvalue weighted by molar-refractivity contribution is 0.504. The van der Waals surface area contributed by atoms with Crippen LogP contribution >= 0.6 is 0 Å². The number of nitrogens with one attached hydrogen (secondary N) is 1. The zero-order valence-electron chi connectivity index (χ0n) is 11.5. The molecule has 1 unspecified atom stereocenters. The zero-order chi connectivity index (χ0) is 14.8. The predicted octanol–water partition coefficient (Wildman–Crippen LogP) is 3.82. The molecule has 3 rings (SSSR count). The molecule has 0 aliphatic carbocycles. The van der Waals surface area contributed by atoms with E-state index in [4.69, 9.17) is 0 Å². The van der Waals surface area contributed by atoms with E-state index in [0.717, 1.165) is 22.5 Å². The van der Waals surface area contributed by atoms with E-state index in [9.17, 15) is 8.78 Å². The normalized spacial score (nSPS) is 12.5. The SMILES string of the molecule is CNC(c1ccc(F)c(F)c1)c1nccc2ccccc12. The average Bonchev–Trinajstić information content (AvgIpc) is 2.52. The Hall–Kier alpha value is -2.33. The second-order valence-electron chi connectivity index (χ2n) is 4.81. The molecule has 1 aromatic heterocycles. The third-order valence-electron chi connectivity index (χ3n) is 3.54. The molecule has 0 saturated heterocycles. The van der Waals surface area contributed by atoms with Gasteiger partial charge >= 0.3 is 0 Å². The highest BCUT2D eigenvalue weighted by atomic mass is 19.2. The highest BCUT2D eigenvalue weighted by Crippen LogP contribution is 2.27. The summed E-state index contributed by atoms with van der Waals surface area (Å²) in [5.41, 5.74) is 1.43. The Morgan fingerprint density at radius 1 is 1.00 bits per heavy atom. The van der Waals surface area contributed by atoms with Crippen LogP contribution in [0.3, 0.4) is 0 Å². The summed E-state index contributed by atoms with van der Waals surface area (Å²) in [5.74, 6) is -1.70. The van der Waals surface area contributed by atoms with Crippen molar-refractivity contribution in [2.24, 2.45) is 0 Å². The molecule has 2 nitrogen and oxygen atoms in total. The third kappa shape index (κ3) is 2.50. The smallest absolute Gasteiger partial charge is 0.159 e. The molecule has 21 heavy (non-hydrogen) atoms. The van der Waals surface area contributed by atoms with Crippen molar-refractivity contribution in [3.63, 3.8) is 0 Å². The van der Waals surface area contributed by atoms with Crippen LogP contribution in [0.25, 0.3) is 10.8 Å². The van der Waals surface area contributed by atoms with Gasteiger partial charge in [-0.2, -0.15) is 0 Å². The number of fused-ring (bicyclic) bond motifs is 1. The molecule has 0 bridgehead atoms. The standard InChI is InChI=1S/C17H14F2N2/c1-20-16(12-6-7-14(18)15(19)10-12)17-13-5-3-2-4-11(13)8-9-21-17/h2-10,16,20H,1H3. The van der Waals surface area contributed by atoms with Gasteiger partial charge in [0.2, 0.25) is 0 Å². The van der Waals surface area contributed by atoms with Crippen molar-refractivity contribution < 1.29 is 8.78 Å².